The van der Waals surface area contributed by atoms with Crippen molar-refractivity contribution in [3.63, 3.8) is 0 Å². The first-order valence-electron chi connectivity index (χ1n) is 7.31. The van der Waals surface area contributed by atoms with Gasteiger partial charge in [0.25, 0.3) is 0 Å². The van der Waals surface area contributed by atoms with Crippen LogP contribution in [0.5, 0.6) is 0 Å². The Morgan fingerprint density at radius 2 is 1.95 bits per heavy atom. The van der Waals surface area contributed by atoms with E-state index in [9.17, 15) is 8.78 Å². The molecule has 1 nitrogen and oxygen atoms in total. The molecule has 0 spiro atoms. The molecule has 1 rings (SSSR count). The number of allylic oxidation sites excluding steroid dienone is 1. The summed E-state index contributed by atoms with van der Waals surface area (Å²) in [5.41, 5.74) is 2.81. The van der Waals surface area contributed by atoms with Crippen LogP contribution >= 0.6 is 12.6 Å². The maximum atomic E-state index is 12.4. The fraction of sp³-hybridized carbons (Fsp3) is 0.529. The van der Waals surface area contributed by atoms with E-state index in [1.54, 1.807) is 0 Å². The van der Waals surface area contributed by atoms with Gasteiger partial charge in [0.1, 0.15) is 0 Å². The maximum Gasteiger partial charge on any atom is 0.239 e. The van der Waals surface area contributed by atoms with Crippen LogP contribution in [0.15, 0.2) is 23.1 Å². The summed E-state index contributed by atoms with van der Waals surface area (Å²) in [6.45, 7) is 8.33. The average molecular weight is 313 g/mol. The molecule has 21 heavy (non-hydrogen) atoms. The van der Waals surface area contributed by atoms with Gasteiger partial charge in [0.05, 0.1) is 0 Å². The summed E-state index contributed by atoms with van der Waals surface area (Å²) in [6.07, 6.45) is 2.98. The third-order valence-electron chi connectivity index (χ3n) is 2.93. The molecule has 0 unspecified atom stereocenters. The van der Waals surface area contributed by atoms with Crippen LogP contribution in [-0.4, -0.2) is 12.0 Å². The highest BCUT2D eigenvalue weighted by Crippen LogP contribution is 2.29. The molecule has 0 aromatic heterocycles. The highest BCUT2D eigenvalue weighted by atomic mass is 32.1. The van der Waals surface area contributed by atoms with Crippen molar-refractivity contribution < 1.29 is 8.78 Å². The zero-order chi connectivity index (χ0) is 16.0. The van der Waals surface area contributed by atoms with Crippen LogP contribution in [0, 0.1) is 0 Å². The molecule has 0 amide bonds. The minimum Gasteiger partial charge on any atom is -0.380 e. The van der Waals surface area contributed by atoms with Gasteiger partial charge in [0.15, 0.2) is 0 Å². The number of benzene rings is 1. The number of nitrogens with one attached hydrogen (secondary N) is 1. The zero-order valence-corrected chi connectivity index (χ0v) is 14.1. The van der Waals surface area contributed by atoms with E-state index in [0.717, 1.165) is 28.1 Å². The van der Waals surface area contributed by atoms with E-state index in [0.29, 0.717) is 6.42 Å². The summed E-state index contributed by atoms with van der Waals surface area (Å²) in [6, 6.07) is 3.90. The van der Waals surface area contributed by atoms with Crippen molar-refractivity contribution in [1.29, 1.82) is 0 Å². The summed E-state index contributed by atoms with van der Waals surface area (Å²) >= 11 is 4.45. The molecule has 0 bridgehead atoms. The van der Waals surface area contributed by atoms with Gasteiger partial charge in [0, 0.05) is 22.5 Å². The lowest BCUT2D eigenvalue weighted by Crippen LogP contribution is -2.26. The second kappa shape index (κ2) is 7.83. The van der Waals surface area contributed by atoms with Crippen molar-refractivity contribution in [2.45, 2.75) is 63.8 Å². The van der Waals surface area contributed by atoms with E-state index < -0.39 is 6.43 Å². The topological polar surface area (TPSA) is 12.0 Å². The number of anilines is 1. The average Bonchev–Trinajstić information content (AvgIpc) is 2.34. The smallest absolute Gasteiger partial charge is 0.239 e. The maximum absolute atomic E-state index is 12.4. The van der Waals surface area contributed by atoms with Crippen LogP contribution in [-0.2, 0) is 6.42 Å². The van der Waals surface area contributed by atoms with Gasteiger partial charge in [-0.1, -0.05) is 19.1 Å². The molecule has 0 aliphatic carbocycles. The van der Waals surface area contributed by atoms with E-state index in [1.165, 1.54) is 0 Å². The predicted molar refractivity (Wildman–Crippen MR) is 90.7 cm³/mol. The number of hydrogen-bond acceptors (Lipinski definition) is 2. The van der Waals surface area contributed by atoms with Gasteiger partial charge in [-0.2, -0.15) is 0 Å². The Morgan fingerprint density at radius 3 is 2.48 bits per heavy atom. The van der Waals surface area contributed by atoms with E-state index in [4.69, 9.17) is 0 Å². The molecule has 0 radical (unpaired) electrons. The van der Waals surface area contributed by atoms with E-state index >= 15 is 0 Å². The molecule has 1 N–H and O–H groups in total. The molecule has 1 aromatic rings. The first-order valence-corrected chi connectivity index (χ1v) is 7.76. The molecule has 0 saturated carbocycles. The van der Waals surface area contributed by atoms with E-state index in [-0.39, 0.29) is 12.0 Å². The molecule has 118 valence electrons. The van der Waals surface area contributed by atoms with Gasteiger partial charge in [-0.25, -0.2) is 8.78 Å². The number of hydrogen-bond donors (Lipinski definition) is 2. The fourth-order valence-electron chi connectivity index (χ4n) is 2.01. The van der Waals surface area contributed by atoms with Crippen molar-refractivity contribution in [2.75, 3.05) is 5.32 Å². The minimum absolute atomic E-state index is 0.0699. The molecule has 1 aromatic carbocycles. The Hall–Kier alpha value is -1.03. The third kappa shape index (κ3) is 6.51. The number of thiol groups is 1. The summed E-state index contributed by atoms with van der Waals surface area (Å²) in [5, 5.41) is 3.44. The highest BCUT2D eigenvalue weighted by Gasteiger charge is 2.14. The lowest BCUT2D eigenvalue weighted by atomic mass is 10.0. The Labute approximate surface area is 132 Å². The lowest BCUT2D eigenvalue weighted by Gasteiger charge is -2.24. The van der Waals surface area contributed by atoms with E-state index in [2.05, 4.69) is 51.7 Å². The highest BCUT2D eigenvalue weighted by molar-refractivity contribution is 7.80. The number of halogens is 2. The van der Waals surface area contributed by atoms with Crippen molar-refractivity contribution >= 4 is 24.4 Å². The molecule has 0 fully saturated rings. The number of rotatable bonds is 6. The number of alkyl halides is 2. The van der Waals surface area contributed by atoms with Crippen LogP contribution in [0.25, 0.3) is 6.08 Å². The minimum atomic E-state index is -2.28. The van der Waals surface area contributed by atoms with Crippen molar-refractivity contribution in [1.82, 2.24) is 0 Å². The Balaban J connectivity index is 3.13. The molecule has 0 atom stereocenters. The first-order chi connectivity index (χ1) is 9.73. The molecular weight excluding hydrogens is 288 g/mol. The molecule has 0 heterocycles. The third-order valence-corrected chi connectivity index (χ3v) is 3.34. The predicted octanol–water partition coefficient (Wildman–Crippen LogP) is 5.81. The molecule has 0 aliphatic rings. The van der Waals surface area contributed by atoms with Crippen LogP contribution in [0.1, 0.15) is 51.7 Å². The van der Waals surface area contributed by atoms with Crippen molar-refractivity contribution in [2.24, 2.45) is 0 Å². The zero-order valence-electron chi connectivity index (χ0n) is 13.2. The fourth-order valence-corrected chi connectivity index (χ4v) is 2.32. The van der Waals surface area contributed by atoms with Crippen LogP contribution in [0.4, 0.5) is 14.5 Å². The second-order valence-corrected chi connectivity index (χ2v) is 6.67. The van der Waals surface area contributed by atoms with Crippen molar-refractivity contribution in [3.8, 4) is 0 Å². The second-order valence-electron chi connectivity index (χ2n) is 6.18. The van der Waals surface area contributed by atoms with Gasteiger partial charge in [-0.05, 0) is 56.9 Å². The standard InChI is InChI=1S/C17H25F2NS/c1-5-6-7-12-10-13(8-9-16(18)19)15(21)11-14(12)20-17(2,3)4/h6-7,10-11,16,20-21H,5,8-9H2,1-4H3/b7-6+. The van der Waals surface area contributed by atoms with E-state index in [1.807, 2.05) is 18.2 Å². The molecular formula is C17H25F2NS. The Morgan fingerprint density at radius 1 is 1.29 bits per heavy atom. The molecule has 0 aliphatic heterocycles. The molecule has 0 saturated heterocycles. The summed E-state index contributed by atoms with van der Waals surface area (Å²) in [4.78, 5) is 0.760. The molecule has 4 heteroatoms. The number of aryl methyl sites for hydroxylation is 1. The first kappa shape index (κ1) is 18.0. The van der Waals surface area contributed by atoms with Crippen LogP contribution in [0.3, 0.4) is 0 Å². The summed E-state index contributed by atoms with van der Waals surface area (Å²) < 4.78 is 24.8. The van der Waals surface area contributed by atoms with Crippen LogP contribution < -0.4 is 5.32 Å². The largest absolute Gasteiger partial charge is 0.380 e. The lowest BCUT2D eigenvalue weighted by molar-refractivity contribution is 0.138. The Kier molecular flexibility index (Phi) is 6.72. The Bertz CT molecular complexity index is 490. The normalized spacial score (nSPS) is 12.4. The summed E-state index contributed by atoms with van der Waals surface area (Å²) in [5.74, 6) is 0. The van der Waals surface area contributed by atoms with Gasteiger partial charge >= 0.3 is 0 Å². The van der Waals surface area contributed by atoms with Gasteiger partial charge < -0.3 is 5.32 Å². The van der Waals surface area contributed by atoms with Crippen LogP contribution in [0.2, 0.25) is 0 Å². The SMILES string of the molecule is CC/C=C/c1cc(CCC(F)F)c(S)cc1NC(C)(C)C. The van der Waals surface area contributed by atoms with Gasteiger partial charge in [0.2, 0.25) is 6.43 Å². The quantitative estimate of drug-likeness (QED) is 0.632. The van der Waals surface area contributed by atoms with Gasteiger partial charge in [-0.15, -0.1) is 12.6 Å². The van der Waals surface area contributed by atoms with Crippen molar-refractivity contribution in [3.05, 3.63) is 29.3 Å². The van der Waals surface area contributed by atoms with Gasteiger partial charge in [-0.3, -0.25) is 0 Å². The summed E-state index contributed by atoms with van der Waals surface area (Å²) in [7, 11) is 0. The monoisotopic (exact) mass is 313 g/mol.